The molecule has 4 fully saturated rings. The molecule has 2 saturated carbocycles. The molecule has 1 atom stereocenters. The molecular formula is C24H41N3O2. The third-order valence-corrected chi connectivity index (χ3v) is 7.98. The summed E-state index contributed by atoms with van der Waals surface area (Å²) in [5.41, 5.74) is 0. The monoisotopic (exact) mass is 403 g/mol. The Bertz CT molecular complexity index is 562. The fourth-order valence-electron chi connectivity index (χ4n) is 5.92. The summed E-state index contributed by atoms with van der Waals surface area (Å²) < 4.78 is 0. The van der Waals surface area contributed by atoms with Crippen LogP contribution >= 0.6 is 0 Å². The van der Waals surface area contributed by atoms with E-state index in [1.54, 1.807) is 0 Å². The van der Waals surface area contributed by atoms with Crippen molar-refractivity contribution >= 4 is 11.8 Å². The molecular weight excluding hydrogens is 362 g/mol. The molecule has 2 amide bonds. The van der Waals surface area contributed by atoms with Gasteiger partial charge in [-0.05, 0) is 63.8 Å². The molecule has 0 aromatic heterocycles. The predicted molar refractivity (Wildman–Crippen MR) is 115 cm³/mol. The lowest BCUT2D eigenvalue weighted by molar-refractivity contribution is -0.136. The van der Waals surface area contributed by atoms with E-state index in [0.717, 1.165) is 83.6 Å². The van der Waals surface area contributed by atoms with E-state index in [2.05, 4.69) is 9.80 Å². The van der Waals surface area contributed by atoms with E-state index in [9.17, 15) is 9.59 Å². The molecule has 164 valence electrons. The largest absolute Gasteiger partial charge is 0.345 e. The first-order chi connectivity index (χ1) is 14.1. The summed E-state index contributed by atoms with van der Waals surface area (Å²) in [4.78, 5) is 32.0. The second kappa shape index (κ2) is 9.80. The number of nitrogens with zero attached hydrogens (tertiary/aromatic N) is 3. The van der Waals surface area contributed by atoms with Gasteiger partial charge in [0.15, 0.2) is 0 Å². The van der Waals surface area contributed by atoms with Crippen molar-refractivity contribution < 1.29 is 9.59 Å². The SMILES string of the molecule is CN(CCCC1CCCC1)C(=O)C1CCCN(C2CCN(C(=O)C3CC3)CC2)C1. The molecule has 4 aliphatic rings. The zero-order chi connectivity index (χ0) is 20.2. The van der Waals surface area contributed by atoms with E-state index < -0.39 is 0 Å². The van der Waals surface area contributed by atoms with Crippen LogP contribution in [-0.2, 0) is 9.59 Å². The quantitative estimate of drug-likeness (QED) is 0.653. The molecule has 0 bridgehead atoms. The molecule has 2 aliphatic heterocycles. The Kier molecular flexibility index (Phi) is 7.15. The second-order valence-corrected chi connectivity index (χ2v) is 10.2. The van der Waals surface area contributed by atoms with Crippen LogP contribution in [-0.4, -0.2) is 72.3 Å². The summed E-state index contributed by atoms with van der Waals surface area (Å²) in [5.74, 6) is 2.19. The highest BCUT2D eigenvalue weighted by Gasteiger charge is 2.37. The highest BCUT2D eigenvalue weighted by molar-refractivity contribution is 5.81. The Morgan fingerprint density at radius 1 is 0.862 bits per heavy atom. The van der Waals surface area contributed by atoms with E-state index in [4.69, 9.17) is 0 Å². The summed E-state index contributed by atoms with van der Waals surface area (Å²) in [7, 11) is 2.01. The number of hydrogen-bond donors (Lipinski definition) is 0. The molecule has 0 radical (unpaired) electrons. The maximum absolute atomic E-state index is 13.0. The molecule has 2 aliphatic carbocycles. The minimum Gasteiger partial charge on any atom is -0.345 e. The number of rotatable bonds is 7. The van der Waals surface area contributed by atoms with E-state index >= 15 is 0 Å². The summed E-state index contributed by atoms with van der Waals surface area (Å²) in [6, 6.07) is 0.557. The Morgan fingerprint density at radius 3 is 2.28 bits per heavy atom. The Labute approximate surface area is 177 Å². The molecule has 0 N–H and O–H groups in total. The van der Waals surface area contributed by atoms with Gasteiger partial charge in [0.2, 0.25) is 11.8 Å². The first kappa shape index (κ1) is 21.1. The zero-order valence-electron chi connectivity index (χ0n) is 18.5. The zero-order valence-corrected chi connectivity index (χ0v) is 18.5. The van der Waals surface area contributed by atoms with Gasteiger partial charge in [-0.15, -0.1) is 0 Å². The van der Waals surface area contributed by atoms with Gasteiger partial charge in [-0.2, -0.15) is 0 Å². The fourth-order valence-corrected chi connectivity index (χ4v) is 5.92. The topological polar surface area (TPSA) is 43.9 Å². The molecule has 0 aromatic carbocycles. The summed E-state index contributed by atoms with van der Waals surface area (Å²) in [5, 5.41) is 0. The summed E-state index contributed by atoms with van der Waals surface area (Å²) in [6.45, 7) is 4.79. The maximum atomic E-state index is 13.0. The molecule has 0 aromatic rings. The van der Waals surface area contributed by atoms with Crippen molar-refractivity contribution in [1.82, 2.24) is 14.7 Å². The normalized spacial score (nSPS) is 27.3. The third-order valence-electron chi connectivity index (χ3n) is 7.98. The van der Waals surface area contributed by atoms with Gasteiger partial charge < -0.3 is 9.80 Å². The molecule has 4 rings (SSSR count). The van der Waals surface area contributed by atoms with Gasteiger partial charge in [-0.25, -0.2) is 0 Å². The lowest BCUT2D eigenvalue weighted by Gasteiger charge is -2.42. The van der Waals surface area contributed by atoms with Crippen molar-refractivity contribution in [2.45, 2.75) is 83.1 Å². The Balaban J connectivity index is 1.19. The van der Waals surface area contributed by atoms with Crippen molar-refractivity contribution in [3.05, 3.63) is 0 Å². The fraction of sp³-hybridized carbons (Fsp3) is 0.917. The van der Waals surface area contributed by atoms with Crippen LogP contribution in [0.3, 0.4) is 0 Å². The van der Waals surface area contributed by atoms with Crippen LogP contribution in [0, 0.1) is 17.8 Å². The van der Waals surface area contributed by atoms with Crippen LogP contribution in [0.25, 0.3) is 0 Å². The number of carbonyl (C=O) groups excluding carboxylic acids is 2. The van der Waals surface area contributed by atoms with Crippen LogP contribution in [0.15, 0.2) is 0 Å². The third kappa shape index (κ3) is 5.53. The maximum Gasteiger partial charge on any atom is 0.226 e. The average molecular weight is 404 g/mol. The van der Waals surface area contributed by atoms with Gasteiger partial charge in [0.25, 0.3) is 0 Å². The summed E-state index contributed by atoms with van der Waals surface area (Å²) in [6.07, 6.45) is 14.6. The highest BCUT2D eigenvalue weighted by atomic mass is 16.2. The lowest BCUT2D eigenvalue weighted by Crippen LogP contribution is -2.51. The minimum absolute atomic E-state index is 0.173. The van der Waals surface area contributed by atoms with Crippen molar-refractivity contribution in [1.29, 1.82) is 0 Å². The smallest absolute Gasteiger partial charge is 0.226 e. The van der Waals surface area contributed by atoms with E-state index in [-0.39, 0.29) is 5.92 Å². The van der Waals surface area contributed by atoms with Crippen LogP contribution in [0.2, 0.25) is 0 Å². The number of piperidine rings is 2. The molecule has 1 unspecified atom stereocenters. The van der Waals surface area contributed by atoms with Crippen LogP contribution < -0.4 is 0 Å². The van der Waals surface area contributed by atoms with Crippen LogP contribution in [0.1, 0.15) is 77.0 Å². The molecule has 0 spiro atoms. The number of amides is 2. The van der Waals surface area contributed by atoms with Gasteiger partial charge in [-0.1, -0.05) is 25.7 Å². The second-order valence-electron chi connectivity index (χ2n) is 10.2. The van der Waals surface area contributed by atoms with Gasteiger partial charge in [0.1, 0.15) is 0 Å². The average Bonchev–Trinajstić information content (AvgIpc) is 3.49. The van der Waals surface area contributed by atoms with E-state index in [0.29, 0.717) is 23.8 Å². The molecule has 5 heteroatoms. The number of likely N-dealkylation sites (tertiary alicyclic amines) is 2. The van der Waals surface area contributed by atoms with Gasteiger partial charge in [-0.3, -0.25) is 14.5 Å². The predicted octanol–water partition coefficient (Wildman–Crippen LogP) is 3.53. The lowest BCUT2D eigenvalue weighted by atomic mass is 9.92. The summed E-state index contributed by atoms with van der Waals surface area (Å²) >= 11 is 0. The van der Waals surface area contributed by atoms with Crippen molar-refractivity contribution in [2.75, 3.05) is 39.8 Å². The van der Waals surface area contributed by atoms with Crippen molar-refractivity contribution in [3.63, 3.8) is 0 Å². The number of carbonyl (C=O) groups is 2. The first-order valence-electron chi connectivity index (χ1n) is 12.4. The van der Waals surface area contributed by atoms with Gasteiger partial charge in [0, 0.05) is 45.2 Å². The highest BCUT2D eigenvalue weighted by Crippen LogP contribution is 2.33. The molecule has 5 nitrogen and oxygen atoms in total. The van der Waals surface area contributed by atoms with Crippen molar-refractivity contribution in [2.24, 2.45) is 17.8 Å². The minimum atomic E-state index is 0.173. The Hall–Kier alpha value is -1.10. The van der Waals surface area contributed by atoms with Gasteiger partial charge in [0.05, 0.1) is 5.92 Å². The van der Waals surface area contributed by atoms with Crippen molar-refractivity contribution in [3.8, 4) is 0 Å². The molecule has 29 heavy (non-hydrogen) atoms. The first-order valence-corrected chi connectivity index (χ1v) is 12.4. The molecule has 2 saturated heterocycles. The van der Waals surface area contributed by atoms with E-state index in [1.807, 2.05) is 11.9 Å². The van der Waals surface area contributed by atoms with Crippen LogP contribution in [0.5, 0.6) is 0 Å². The molecule has 2 heterocycles. The van der Waals surface area contributed by atoms with Gasteiger partial charge >= 0.3 is 0 Å². The Morgan fingerprint density at radius 2 is 1.59 bits per heavy atom. The van der Waals surface area contributed by atoms with E-state index in [1.165, 1.54) is 32.1 Å². The number of hydrogen-bond acceptors (Lipinski definition) is 3. The standard InChI is InChI=1S/C24H41N3O2/c1-25(14-4-8-19-6-2-3-7-19)23(28)21-9-5-15-27(18-21)22-12-16-26(17-13-22)24(29)20-10-11-20/h19-22H,2-18H2,1H3. The van der Waals surface area contributed by atoms with Crippen LogP contribution in [0.4, 0.5) is 0 Å².